The molecule has 0 spiro atoms. The van der Waals surface area contributed by atoms with Gasteiger partial charge in [0, 0.05) is 12.6 Å². The fraction of sp³-hybridized carbons (Fsp3) is 0.214. The minimum Gasteiger partial charge on any atom is -0.348 e. The SMILES string of the molecule is CC=CC=CC(=O)NCc1ccccc1C. The number of hydrogen-bond acceptors (Lipinski definition) is 1. The van der Waals surface area contributed by atoms with Crippen molar-refractivity contribution in [2.24, 2.45) is 0 Å². The molecule has 0 saturated carbocycles. The van der Waals surface area contributed by atoms with Crippen molar-refractivity contribution in [3.05, 3.63) is 59.7 Å². The van der Waals surface area contributed by atoms with Crippen molar-refractivity contribution in [3.63, 3.8) is 0 Å². The first kappa shape index (κ1) is 12.2. The van der Waals surface area contributed by atoms with E-state index < -0.39 is 0 Å². The highest BCUT2D eigenvalue weighted by atomic mass is 16.1. The van der Waals surface area contributed by atoms with E-state index >= 15 is 0 Å². The molecule has 1 N–H and O–H groups in total. The second-order valence-corrected chi connectivity index (χ2v) is 3.53. The maximum atomic E-state index is 11.4. The van der Waals surface area contributed by atoms with Crippen LogP contribution in [0.15, 0.2) is 48.6 Å². The lowest BCUT2D eigenvalue weighted by Gasteiger charge is -2.05. The molecule has 1 aromatic carbocycles. The molecule has 84 valence electrons. The number of carbonyl (C=O) groups is 1. The van der Waals surface area contributed by atoms with Crippen molar-refractivity contribution in [2.45, 2.75) is 20.4 Å². The number of benzene rings is 1. The van der Waals surface area contributed by atoms with Crippen molar-refractivity contribution < 1.29 is 4.79 Å². The van der Waals surface area contributed by atoms with Crippen molar-refractivity contribution in [2.75, 3.05) is 0 Å². The van der Waals surface area contributed by atoms with Crippen LogP contribution in [0.25, 0.3) is 0 Å². The minimum atomic E-state index is -0.0682. The molecule has 0 saturated heterocycles. The average molecular weight is 215 g/mol. The Morgan fingerprint density at radius 2 is 2.06 bits per heavy atom. The molecule has 0 fully saturated rings. The highest BCUT2D eigenvalue weighted by molar-refractivity contribution is 5.87. The summed E-state index contributed by atoms with van der Waals surface area (Å²) in [5.74, 6) is -0.0682. The molecule has 0 aliphatic carbocycles. The molecule has 1 rings (SSSR count). The largest absolute Gasteiger partial charge is 0.348 e. The number of rotatable bonds is 4. The molecule has 16 heavy (non-hydrogen) atoms. The quantitative estimate of drug-likeness (QED) is 0.607. The summed E-state index contributed by atoms with van der Waals surface area (Å²) < 4.78 is 0. The number of aryl methyl sites for hydroxylation is 1. The van der Waals surface area contributed by atoms with Crippen LogP contribution in [-0.4, -0.2) is 5.91 Å². The van der Waals surface area contributed by atoms with Crippen molar-refractivity contribution in [3.8, 4) is 0 Å². The Kier molecular flexibility index (Phi) is 5.06. The van der Waals surface area contributed by atoms with Crippen LogP contribution < -0.4 is 5.32 Å². The topological polar surface area (TPSA) is 29.1 Å². The number of amides is 1. The van der Waals surface area contributed by atoms with Crippen LogP contribution in [0.4, 0.5) is 0 Å². The van der Waals surface area contributed by atoms with E-state index in [1.165, 1.54) is 11.6 Å². The fourth-order valence-electron chi connectivity index (χ4n) is 1.30. The van der Waals surface area contributed by atoms with Gasteiger partial charge in [-0.2, -0.15) is 0 Å². The van der Waals surface area contributed by atoms with Crippen LogP contribution in [0.3, 0.4) is 0 Å². The zero-order valence-electron chi connectivity index (χ0n) is 9.73. The second-order valence-electron chi connectivity index (χ2n) is 3.53. The zero-order chi connectivity index (χ0) is 11.8. The first-order valence-electron chi connectivity index (χ1n) is 5.35. The van der Waals surface area contributed by atoms with Gasteiger partial charge in [-0.3, -0.25) is 4.79 Å². The van der Waals surface area contributed by atoms with E-state index in [1.54, 1.807) is 6.08 Å². The number of carbonyl (C=O) groups excluding carboxylic acids is 1. The third-order valence-electron chi connectivity index (χ3n) is 2.27. The van der Waals surface area contributed by atoms with E-state index in [2.05, 4.69) is 5.32 Å². The second kappa shape index (κ2) is 6.62. The average Bonchev–Trinajstić information content (AvgIpc) is 2.28. The van der Waals surface area contributed by atoms with Crippen LogP contribution in [0.1, 0.15) is 18.1 Å². The smallest absolute Gasteiger partial charge is 0.244 e. The van der Waals surface area contributed by atoms with Gasteiger partial charge in [0.05, 0.1) is 0 Å². The van der Waals surface area contributed by atoms with Gasteiger partial charge in [-0.05, 0) is 25.0 Å². The van der Waals surface area contributed by atoms with Gasteiger partial charge in [-0.15, -0.1) is 0 Å². The Hall–Kier alpha value is -1.83. The molecule has 0 bridgehead atoms. The molecule has 1 amide bonds. The van der Waals surface area contributed by atoms with Crippen molar-refractivity contribution in [1.82, 2.24) is 5.32 Å². The molecule has 0 unspecified atom stereocenters. The van der Waals surface area contributed by atoms with E-state index in [-0.39, 0.29) is 5.91 Å². The highest BCUT2D eigenvalue weighted by Crippen LogP contribution is 2.05. The van der Waals surface area contributed by atoms with Gasteiger partial charge in [0.1, 0.15) is 0 Å². The number of hydrogen-bond donors (Lipinski definition) is 1. The van der Waals surface area contributed by atoms with Gasteiger partial charge < -0.3 is 5.32 Å². The molecule has 0 aromatic heterocycles. The van der Waals surface area contributed by atoms with Gasteiger partial charge in [0.2, 0.25) is 5.91 Å². The maximum Gasteiger partial charge on any atom is 0.244 e. The summed E-state index contributed by atoms with van der Waals surface area (Å²) in [7, 11) is 0. The molecule has 0 radical (unpaired) electrons. The summed E-state index contributed by atoms with van der Waals surface area (Å²) in [6.45, 7) is 4.53. The Balaban J connectivity index is 2.46. The molecule has 0 aliphatic rings. The summed E-state index contributed by atoms with van der Waals surface area (Å²) in [6.07, 6.45) is 6.96. The number of nitrogens with one attached hydrogen (secondary N) is 1. The summed E-state index contributed by atoms with van der Waals surface area (Å²) in [5, 5.41) is 2.84. The third-order valence-corrected chi connectivity index (χ3v) is 2.27. The standard InChI is InChI=1S/C14H17NO/c1-3-4-5-10-14(16)15-11-13-9-7-6-8-12(13)2/h3-10H,11H2,1-2H3,(H,15,16). The van der Waals surface area contributed by atoms with E-state index in [1.807, 2.05) is 50.3 Å². The summed E-state index contributed by atoms with van der Waals surface area (Å²) in [4.78, 5) is 11.4. The summed E-state index contributed by atoms with van der Waals surface area (Å²) in [5.41, 5.74) is 2.34. The maximum absolute atomic E-state index is 11.4. The first-order chi connectivity index (χ1) is 7.74. The van der Waals surface area contributed by atoms with E-state index in [0.717, 1.165) is 5.56 Å². The Bertz CT molecular complexity index is 405. The van der Waals surface area contributed by atoms with Gasteiger partial charge in [0.25, 0.3) is 0 Å². The lowest BCUT2D eigenvalue weighted by atomic mass is 10.1. The Morgan fingerprint density at radius 1 is 1.31 bits per heavy atom. The van der Waals surface area contributed by atoms with E-state index in [4.69, 9.17) is 0 Å². The third kappa shape index (κ3) is 4.13. The monoisotopic (exact) mass is 215 g/mol. The van der Waals surface area contributed by atoms with Crippen molar-refractivity contribution in [1.29, 1.82) is 0 Å². The van der Waals surface area contributed by atoms with Crippen LogP contribution >= 0.6 is 0 Å². The molecular formula is C14H17NO. The Morgan fingerprint density at radius 3 is 2.75 bits per heavy atom. The minimum absolute atomic E-state index is 0.0682. The molecule has 2 nitrogen and oxygen atoms in total. The van der Waals surface area contributed by atoms with Gasteiger partial charge in [0.15, 0.2) is 0 Å². The molecule has 0 atom stereocenters. The zero-order valence-corrected chi connectivity index (χ0v) is 9.73. The van der Waals surface area contributed by atoms with Gasteiger partial charge in [-0.1, -0.05) is 42.5 Å². The first-order valence-corrected chi connectivity index (χ1v) is 5.35. The predicted octanol–water partition coefficient (Wildman–Crippen LogP) is 2.74. The summed E-state index contributed by atoms with van der Waals surface area (Å²) in [6, 6.07) is 8.03. The van der Waals surface area contributed by atoms with Crippen LogP contribution in [0.5, 0.6) is 0 Å². The lowest BCUT2D eigenvalue weighted by molar-refractivity contribution is -0.116. The van der Waals surface area contributed by atoms with Crippen LogP contribution in [0.2, 0.25) is 0 Å². The van der Waals surface area contributed by atoms with E-state index in [9.17, 15) is 4.79 Å². The molecule has 0 heterocycles. The van der Waals surface area contributed by atoms with Gasteiger partial charge >= 0.3 is 0 Å². The van der Waals surface area contributed by atoms with Gasteiger partial charge in [-0.25, -0.2) is 0 Å². The molecule has 2 heteroatoms. The molecule has 1 aromatic rings. The number of allylic oxidation sites excluding steroid dienone is 3. The lowest BCUT2D eigenvalue weighted by Crippen LogP contribution is -2.20. The molecular weight excluding hydrogens is 198 g/mol. The van der Waals surface area contributed by atoms with Crippen molar-refractivity contribution >= 4 is 5.91 Å². The van der Waals surface area contributed by atoms with E-state index in [0.29, 0.717) is 6.54 Å². The Labute approximate surface area is 96.7 Å². The fourth-order valence-corrected chi connectivity index (χ4v) is 1.30. The highest BCUT2D eigenvalue weighted by Gasteiger charge is 1.98. The normalized spacial score (nSPS) is 11.1. The van der Waals surface area contributed by atoms with Crippen LogP contribution in [-0.2, 0) is 11.3 Å². The van der Waals surface area contributed by atoms with Crippen LogP contribution in [0, 0.1) is 6.92 Å². The predicted molar refractivity (Wildman–Crippen MR) is 67.0 cm³/mol. The molecule has 0 aliphatic heterocycles. The summed E-state index contributed by atoms with van der Waals surface area (Å²) >= 11 is 0.